The Kier molecular flexibility index (Phi) is 7.57. The Bertz CT molecular complexity index is 1230. The number of fused-ring (bicyclic) bond motifs is 4. The number of aliphatic hydroxyl groups is 1. The van der Waals surface area contributed by atoms with Gasteiger partial charge in [0.15, 0.2) is 5.78 Å². The summed E-state index contributed by atoms with van der Waals surface area (Å²) in [5, 5.41) is 17.7. The van der Waals surface area contributed by atoms with Gasteiger partial charge in [-0.1, -0.05) is 36.4 Å². The van der Waals surface area contributed by atoms with Crippen molar-refractivity contribution in [2.75, 3.05) is 18.6 Å². The maximum absolute atomic E-state index is 14.1. The van der Waals surface area contributed by atoms with Crippen LogP contribution in [0.2, 0.25) is 0 Å². The van der Waals surface area contributed by atoms with Crippen LogP contribution in [0.3, 0.4) is 0 Å². The highest BCUT2D eigenvalue weighted by atomic mass is 32.2. The molecule has 0 aromatic heterocycles. The van der Waals surface area contributed by atoms with Gasteiger partial charge in [0.25, 0.3) is 11.8 Å². The first kappa shape index (κ1) is 26.8. The van der Waals surface area contributed by atoms with Gasteiger partial charge in [0, 0.05) is 34.3 Å². The van der Waals surface area contributed by atoms with Crippen molar-refractivity contribution >= 4 is 47.1 Å². The number of Topliss-reactive ketones (excluding diaryl/α,β-unsaturated/α-hetero) is 1. The van der Waals surface area contributed by atoms with Crippen molar-refractivity contribution in [1.29, 1.82) is 0 Å². The zero-order valence-electron chi connectivity index (χ0n) is 20.9. The molecule has 10 heteroatoms. The number of carbonyl (C=O) groups is 4. The minimum Gasteiger partial charge on any atom is -0.469 e. The highest BCUT2D eigenvalue weighted by Crippen LogP contribution is 2.59. The molecule has 2 aromatic carbocycles. The van der Waals surface area contributed by atoms with Crippen LogP contribution in [0, 0.1) is 5.92 Å². The first-order valence-corrected chi connectivity index (χ1v) is 14.7. The molecule has 8 nitrogen and oxygen atoms in total. The molecule has 2 amide bonds. The lowest BCUT2D eigenvalue weighted by Crippen LogP contribution is -2.80. The molecule has 3 fully saturated rings. The molecule has 200 valence electrons. The fourth-order valence-corrected chi connectivity index (χ4v) is 9.72. The second-order valence-corrected chi connectivity index (χ2v) is 12.2. The molecule has 6 atom stereocenters. The summed E-state index contributed by atoms with van der Waals surface area (Å²) in [5.41, 5.74) is -2.45. The fraction of sp³-hybridized carbons (Fsp3) is 0.429. The minimum absolute atomic E-state index is 0.202. The Morgan fingerprint density at radius 2 is 1.63 bits per heavy atom. The zero-order valence-corrected chi connectivity index (χ0v) is 22.6. The average molecular weight is 555 g/mol. The van der Waals surface area contributed by atoms with E-state index in [-0.39, 0.29) is 35.8 Å². The number of methoxy groups -OCH3 is 1. The normalized spacial score (nSPS) is 31.4. The van der Waals surface area contributed by atoms with E-state index in [2.05, 4.69) is 10.6 Å². The van der Waals surface area contributed by atoms with Crippen molar-refractivity contribution in [2.24, 2.45) is 5.92 Å². The molecule has 2 heterocycles. The van der Waals surface area contributed by atoms with Gasteiger partial charge in [0.1, 0.15) is 11.1 Å². The van der Waals surface area contributed by atoms with Gasteiger partial charge in [-0.2, -0.15) is 11.8 Å². The van der Waals surface area contributed by atoms with Crippen molar-refractivity contribution < 1.29 is 29.0 Å². The van der Waals surface area contributed by atoms with Gasteiger partial charge in [-0.15, -0.1) is 11.8 Å². The molecular formula is C28H30N2O6S2. The molecule has 2 aliphatic heterocycles. The van der Waals surface area contributed by atoms with Crippen LogP contribution in [0.25, 0.3) is 0 Å². The van der Waals surface area contributed by atoms with E-state index >= 15 is 0 Å². The van der Waals surface area contributed by atoms with E-state index < -0.39 is 33.6 Å². The molecular weight excluding hydrogens is 524 g/mol. The van der Waals surface area contributed by atoms with E-state index in [0.717, 1.165) is 0 Å². The molecule has 2 bridgehead atoms. The largest absolute Gasteiger partial charge is 0.469 e. The third kappa shape index (κ3) is 4.42. The molecule has 1 aliphatic carbocycles. The molecule has 2 aromatic rings. The molecule has 0 radical (unpaired) electrons. The van der Waals surface area contributed by atoms with E-state index in [0.29, 0.717) is 29.7 Å². The number of amides is 2. The van der Waals surface area contributed by atoms with E-state index in [1.165, 1.54) is 30.6 Å². The maximum Gasteiger partial charge on any atom is 0.305 e. The van der Waals surface area contributed by atoms with Crippen LogP contribution < -0.4 is 10.6 Å². The summed E-state index contributed by atoms with van der Waals surface area (Å²) in [7, 11) is 1.34. The van der Waals surface area contributed by atoms with Crippen molar-refractivity contribution in [2.45, 2.75) is 46.9 Å². The Hall–Kier alpha value is -2.82. The van der Waals surface area contributed by atoms with Crippen LogP contribution in [-0.4, -0.2) is 75.0 Å². The number of ether oxygens (including phenoxy) is 1. The van der Waals surface area contributed by atoms with Gasteiger partial charge >= 0.3 is 5.97 Å². The Balaban J connectivity index is 1.49. The summed E-state index contributed by atoms with van der Waals surface area (Å²) in [5.74, 6) is -0.976. The maximum atomic E-state index is 14.1. The lowest BCUT2D eigenvalue weighted by Gasteiger charge is -2.52. The summed E-state index contributed by atoms with van der Waals surface area (Å²) < 4.78 is 4.77. The van der Waals surface area contributed by atoms with Gasteiger partial charge in [0.05, 0.1) is 18.4 Å². The highest BCUT2D eigenvalue weighted by molar-refractivity contribution is 8.02. The molecule has 2 saturated heterocycles. The van der Waals surface area contributed by atoms with Crippen LogP contribution in [0.15, 0.2) is 60.7 Å². The van der Waals surface area contributed by atoms with Gasteiger partial charge in [0.2, 0.25) is 0 Å². The predicted octanol–water partition coefficient (Wildman–Crippen LogP) is 2.46. The molecule has 0 unspecified atom stereocenters. The first-order chi connectivity index (χ1) is 18.3. The number of thioether (sulfide) groups is 2. The number of carbonyl (C=O) groups excluding carboxylic acids is 4. The standard InChI is InChI=1S/C28H30N2O6S2/c1-36-21(31)14-8-13-19-22-23(32)27(16-38-22,30-26(34)18-11-6-3-7-12-18)28(35)20(15-37-24(19)28)29-25(33)17-9-4-2-5-10-17/h2-7,9-12,19-20,22,24,35H,8,13-16H2,1H3,(H,29,33)(H,30,34)/t19-,20-,22+,24-,27+,28+/m0/s1. The van der Waals surface area contributed by atoms with Gasteiger partial charge in [-0.25, -0.2) is 0 Å². The highest BCUT2D eigenvalue weighted by Gasteiger charge is 2.75. The number of ketones is 1. The first-order valence-electron chi connectivity index (χ1n) is 12.6. The van der Waals surface area contributed by atoms with Crippen LogP contribution in [-0.2, 0) is 14.3 Å². The third-order valence-corrected chi connectivity index (χ3v) is 11.0. The van der Waals surface area contributed by atoms with Crippen molar-refractivity contribution in [3.8, 4) is 0 Å². The Labute approximate surface area is 229 Å². The second kappa shape index (κ2) is 10.7. The monoisotopic (exact) mass is 554 g/mol. The topological polar surface area (TPSA) is 122 Å². The number of nitrogens with one attached hydrogen (secondary N) is 2. The van der Waals surface area contributed by atoms with Gasteiger partial charge in [-0.05, 0) is 43.0 Å². The van der Waals surface area contributed by atoms with E-state index in [4.69, 9.17) is 4.74 Å². The number of rotatable bonds is 8. The van der Waals surface area contributed by atoms with Crippen LogP contribution in [0.4, 0.5) is 0 Å². The quantitative estimate of drug-likeness (QED) is 0.426. The smallest absolute Gasteiger partial charge is 0.305 e. The summed E-state index contributed by atoms with van der Waals surface area (Å²) >= 11 is 2.95. The SMILES string of the molecule is COC(=O)CCC[C@H]1[C@H]2SC[C@@](NC(=O)c3ccccc3)(C2=O)[C@@]2(O)[C@@H](NC(=O)c3ccccc3)CS[C@@H]12. The van der Waals surface area contributed by atoms with Crippen LogP contribution in [0.1, 0.15) is 40.0 Å². The van der Waals surface area contributed by atoms with Crippen molar-refractivity contribution in [3.05, 3.63) is 71.8 Å². The molecule has 0 spiro atoms. The number of hydrogen-bond acceptors (Lipinski definition) is 8. The Morgan fingerprint density at radius 1 is 1.00 bits per heavy atom. The number of benzene rings is 2. The summed E-state index contributed by atoms with van der Waals surface area (Å²) in [6, 6.07) is 16.5. The van der Waals surface area contributed by atoms with Gasteiger partial charge < -0.3 is 20.5 Å². The van der Waals surface area contributed by atoms with E-state index in [1.807, 2.05) is 6.07 Å². The van der Waals surface area contributed by atoms with E-state index in [1.54, 1.807) is 54.6 Å². The summed E-state index contributed by atoms with van der Waals surface area (Å²) in [6.45, 7) is 0. The predicted molar refractivity (Wildman–Crippen MR) is 146 cm³/mol. The molecule has 38 heavy (non-hydrogen) atoms. The van der Waals surface area contributed by atoms with Crippen molar-refractivity contribution in [3.63, 3.8) is 0 Å². The fourth-order valence-electron chi connectivity index (χ4n) is 5.96. The summed E-state index contributed by atoms with van der Waals surface area (Å²) in [6.07, 6.45) is 1.28. The molecule has 3 N–H and O–H groups in total. The van der Waals surface area contributed by atoms with E-state index in [9.17, 15) is 24.3 Å². The van der Waals surface area contributed by atoms with Crippen LogP contribution >= 0.6 is 23.5 Å². The summed E-state index contributed by atoms with van der Waals surface area (Å²) in [4.78, 5) is 52.3. The second-order valence-electron chi connectivity index (χ2n) is 9.92. The molecule has 5 rings (SSSR count). The zero-order chi connectivity index (χ0) is 26.9. The number of hydrogen-bond donors (Lipinski definition) is 3. The Morgan fingerprint density at radius 3 is 2.26 bits per heavy atom. The minimum atomic E-state index is -1.72. The molecule has 3 aliphatic rings. The third-order valence-electron chi connectivity index (χ3n) is 7.88. The van der Waals surface area contributed by atoms with Crippen molar-refractivity contribution in [1.82, 2.24) is 10.6 Å². The van der Waals surface area contributed by atoms with Gasteiger partial charge in [-0.3, -0.25) is 19.2 Å². The number of esters is 1. The molecule has 1 saturated carbocycles. The lowest BCUT2D eigenvalue weighted by molar-refractivity contribution is -0.145. The average Bonchev–Trinajstić information content (AvgIpc) is 3.42. The van der Waals surface area contributed by atoms with Crippen LogP contribution in [0.5, 0.6) is 0 Å². The lowest BCUT2D eigenvalue weighted by atomic mass is 9.61.